The lowest BCUT2D eigenvalue weighted by Gasteiger charge is -2.34. The van der Waals surface area contributed by atoms with Gasteiger partial charge in [-0.15, -0.1) is 0 Å². The van der Waals surface area contributed by atoms with Gasteiger partial charge in [-0.3, -0.25) is 20.0 Å². The number of carbonyl (C=O) groups is 1. The minimum absolute atomic E-state index is 0.182. The van der Waals surface area contributed by atoms with E-state index in [9.17, 15) is 13.2 Å². The number of fused-ring (bicyclic) bond motifs is 1. The maximum absolute atomic E-state index is 13.4. The van der Waals surface area contributed by atoms with Gasteiger partial charge in [0.2, 0.25) is 15.9 Å². The van der Waals surface area contributed by atoms with E-state index in [1.807, 2.05) is 12.1 Å². The second-order valence-corrected chi connectivity index (χ2v) is 10.2. The highest BCUT2D eigenvalue weighted by atomic mass is 35.5. The molecule has 3 heterocycles. The molecular formula is C22H23ClN4O5S. The minimum Gasteiger partial charge on any atom is -0.490 e. The van der Waals surface area contributed by atoms with Crippen LogP contribution in [0.15, 0.2) is 55.0 Å². The maximum Gasteiger partial charge on any atom is 0.245 e. The van der Waals surface area contributed by atoms with E-state index in [4.69, 9.17) is 21.5 Å². The normalized spacial score (nSPS) is 16.4. The average Bonchev–Trinajstić information content (AvgIpc) is 2.84. The first kappa shape index (κ1) is 23.4. The molecule has 1 atom stereocenters. The topological polar surface area (TPSA) is 122 Å². The van der Waals surface area contributed by atoms with Crippen molar-refractivity contribution in [1.82, 2.24) is 19.8 Å². The molecule has 0 aliphatic carbocycles. The Bertz CT molecular complexity index is 1230. The van der Waals surface area contributed by atoms with Crippen molar-refractivity contribution in [3.8, 4) is 5.75 Å². The van der Waals surface area contributed by atoms with Crippen molar-refractivity contribution in [3.05, 3.63) is 65.6 Å². The van der Waals surface area contributed by atoms with Crippen molar-refractivity contribution in [3.63, 3.8) is 0 Å². The lowest BCUT2D eigenvalue weighted by molar-refractivity contribution is -0.129. The standard InChI is InChI=1S/C22H23ClN4O5S/c23-18-5-1-4-17-19(6-10-25-22(17)18)32-16-7-11-27(12-8-16)33(30,31)20(13-21(28)26-29)15-3-2-9-24-14-15/h1-6,9-10,14,16,20,29H,7-8,11-13H2,(H,26,28)/t20-/m1/s1. The summed E-state index contributed by atoms with van der Waals surface area (Å²) in [7, 11) is -3.88. The van der Waals surface area contributed by atoms with E-state index in [-0.39, 0.29) is 19.2 Å². The third kappa shape index (κ3) is 5.09. The number of pyridine rings is 2. The van der Waals surface area contributed by atoms with Gasteiger partial charge < -0.3 is 4.74 Å². The Morgan fingerprint density at radius 3 is 2.70 bits per heavy atom. The van der Waals surface area contributed by atoms with Crippen molar-refractivity contribution < 1.29 is 23.2 Å². The van der Waals surface area contributed by atoms with E-state index in [1.165, 1.54) is 22.2 Å². The lowest BCUT2D eigenvalue weighted by Crippen LogP contribution is -2.44. The lowest BCUT2D eigenvalue weighted by atomic mass is 10.1. The molecule has 1 fully saturated rings. The summed E-state index contributed by atoms with van der Waals surface area (Å²) in [6, 6.07) is 10.5. The number of rotatable bonds is 7. The molecule has 2 aromatic heterocycles. The predicted octanol–water partition coefficient (Wildman–Crippen LogP) is 3.09. The van der Waals surface area contributed by atoms with Crippen LogP contribution in [0, 0.1) is 0 Å². The number of nitrogens with zero attached hydrogens (tertiary/aromatic N) is 3. The van der Waals surface area contributed by atoms with Gasteiger partial charge in [-0.25, -0.2) is 18.2 Å². The smallest absolute Gasteiger partial charge is 0.245 e. The zero-order valence-corrected chi connectivity index (χ0v) is 19.2. The Morgan fingerprint density at radius 2 is 2.00 bits per heavy atom. The van der Waals surface area contributed by atoms with Gasteiger partial charge >= 0.3 is 0 Å². The number of hydrogen-bond donors (Lipinski definition) is 2. The van der Waals surface area contributed by atoms with Crippen LogP contribution in [0.1, 0.15) is 30.1 Å². The van der Waals surface area contributed by atoms with Crippen LogP contribution in [0.25, 0.3) is 10.9 Å². The molecule has 1 aliphatic heterocycles. The number of nitrogens with one attached hydrogen (secondary N) is 1. The molecule has 0 bridgehead atoms. The van der Waals surface area contributed by atoms with Gasteiger partial charge in [0.1, 0.15) is 17.1 Å². The Morgan fingerprint density at radius 1 is 1.21 bits per heavy atom. The summed E-state index contributed by atoms with van der Waals surface area (Å²) in [5.41, 5.74) is 2.56. The molecule has 0 radical (unpaired) electrons. The first-order valence-corrected chi connectivity index (χ1v) is 12.3. The van der Waals surface area contributed by atoms with Gasteiger partial charge in [-0.2, -0.15) is 0 Å². The molecule has 4 rings (SSSR count). The Labute approximate surface area is 196 Å². The monoisotopic (exact) mass is 490 g/mol. The molecule has 0 spiro atoms. The van der Waals surface area contributed by atoms with E-state index in [2.05, 4.69) is 9.97 Å². The molecule has 1 aromatic carbocycles. The summed E-state index contributed by atoms with van der Waals surface area (Å²) in [6.45, 7) is 0.489. The first-order valence-electron chi connectivity index (χ1n) is 10.4. The quantitative estimate of drug-likeness (QED) is 0.385. The number of aromatic nitrogens is 2. The number of ether oxygens (including phenoxy) is 1. The summed E-state index contributed by atoms with van der Waals surface area (Å²) >= 11 is 6.23. The van der Waals surface area contributed by atoms with Crippen LogP contribution in [0.3, 0.4) is 0 Å². The summed E-state index contributed by atoms with van der Waals surface area (Å²) in [5, 5.41) is 9.10. The van der Waals surface area contributed by atoms with Crippen molar-refractivity contribution >= 4 is 38.4 Å². The fraction of sp³-hybridized carbons (Fsp3) is 0.318. The molecule has 0 saturated carbocycles. The number of halogens is 1. The second kappa shape index (κ2) is 10.0. The fourth-order valence-corrected chi connectivity index (χ4v) is 6.11. The van der Waals surface area contributed by atoms with Gasteiger partial charge in [0, 0.05) is 37.1 Å². The maximum atomic E-state index is 13.4. The number of carbonyl (C=O) groups excluding carboxylic acids is 1. The number of piperidine rings is 1. The molecule has 1 amide bonds. The largest absolute Gasteiger partial charge is 0.490 e. The molecule has 1 aliphatic rings. The minimum atomic E-state index is -3.88. The predicted molar refractivity (Wildman–Crippen MR) is 122 cm³/mol. The van der Waals surface area contributed by atoms with Gasteiger partial charge in [-0.05, 0) is 42.7 Å². The van der Waals surface area contributed by atoms with Crippen molar-refractivity contribution in [1.29, 1.82) is 0 Å². The molecule has 11 heteroatoms. The van der Waals surface area contributed by atoms with Crippen LogP contribution in [0.5, 0.6) is 5.75 Å². The molecule has 9 nitrogen and oxygen atoms in total. The highest BCUT2D eigenvalue weighted by molar-refractivity contribution is 7.89. The third-order valence-corrected chi connectivity index (χ3v) is 8.20. The molecule has 1 saturated heterocycles. The van der Waals surface area contributed by atoms with Crippen molar-refractivity contribution in [2.45, 2.75) is 30.6 Å². The second-order valence-electron chi connectivity index (χ2n) is 7.72. The highest BCUT2D eigenvalue weighted by Crippen LogP contribution is 2.33. The molecule has 174 valence electrons. The number of para-hydroxylation sites is 1. The first-order chi connectivity index (χ1) is 15.9. The summed E-state index contributed by atoms with van der Waals surface area (Å²) in [5.74, 6) is -0.134. The molecule has 0 unspecified atom stereocenters. The zero-order valence-electron chi connectivity index (χ0n) is 17.6. The number of hydroxylamine groups is 1. The Kier molecular flexibility index (Phi) is 7.08. The van der Waals surface area contributed by atoms with E-state index in [0.29, 0.717) is 34.7 Å². The SMILES string of the molecule is O=C(C[C@H](c1cccnc1)S(=O)(=O)N1CCC(Oc2ccnc3c(Cl)cccc23)CC1)NO. The van der Waals surface area contributed by atoms with Crippen LogP contribution >= 0.6 is 11.6 Å². The van der Waals surface area contributed by atoms with Gasteiger partial charge in [0.05, 0.1) is 17.0 Å². The number of benzene rings is 1. The van der Waals surface area contributed by atoms with Gasteiger partial charge in [0.25, 0.3) is 0 Å². The van der Waals surface area contributed by atoms with E-state index < -0.39 is 27.6 Å². The van der Waals surface area contributed by atoms with Gasteiger partial charge in [0.15, 0.2) is 0 Å². The number of hydrogen-bond acceptors (Lipinski definition) is 7. The van der Waals surface area contributed by atoms with Crippen LogP contribution in [-0.2, 0) is 14.8 Å². The Hall–Kier alpha value is -2.79. The fourth-order valence-electron chi connectivity index (χ4n) is 3.96. The average molecular weight is 491 g/mol. The van der Waals surface area contributed by atoms with Crippen molar-refractivity contribution in [2.75, 3.05) is 13.1 Å². The third-order valence-electron chi connectivity index (χ3n) is 5.65. The summed E-state index contributed by atoms with van der Waals surface area (Å²) in [6.07, 6.45) is 4.95. The number of amides is 1. The number of sulfonamides is 1. The van der Waals surface area contributed by atoms with Crippen molar-refractivity contribution in [2.24, 2.45) is 0 Å². The van der Waals surface area contributed by atoms with Crippen LogP contribution in [0.2, 0.25) is 5.02 Å². The van der Waals surface area contributed by atoms with Crippen LogP contribution in [-0.4, -0.2) is 53.0 Å². The van der Waals surface area contributed by atoms with Crippen LogP contribution < -0.4 is 10.2 Å². The van der Waals surface area contributed by atoms with E-state index >= 15 is 0 Å². The van der Waals surface area contributed by atoms with Gasteiger partial charge in [-0.1, -0.05) is 23.7 Å². The highest BCUT2D eigenvalue weighted by Gasteiger charge is 2.37. The van der Waals surface area contributed by atoms with E-state index in [1.54, 1.807) is 30.5 Å². The molecular weight excluding hydrogens is 468 g/mol. The van der Waals surface area contributed by atoms with Crippen LogP contribution in [0.4, 0.5) is 0 Å². The zero-order chi connectivity index (χ0) is 23.4. The molecule has 2 N–H and O–H groups in total. The van der Waals surface area contributed by atoms with E-state index in [0.717, 1.165) is 5.39 Å². The summed E-state index contributed by atoms with van der Waals surface area (Å²) < 4.78 is 34.3. The molecule has 3 aromatic rings. The summed E-state index contributed by atoms with van der Waals surface area (Å²) in [4.78, 5) is 20.1. The molecule has 33 heavy (non-hydrogen) atoms. The Balaban J connectivity index is 1.48.